The first-order valence-corrected chi connectivity index (χ1v) is 8.58. The van der Waals surface area contributed by atoms with Gasteiger partial charge in [0.1, 0.15) is 5.82 Å². The van der Waals surface area contributed by atoms with Crippen molar-refractivity contribution in [2.75, 3.05) is 26.2 Å². The molecular formula is C18H25N5O. The van der Waals surface area contributed by atoms with Crippen LogP contribution in [-0.2, 0) is 13.1 Å². The van der Waals surface area contributed by atoms with Gasteiger partial charge in [-0.05, 0) is 5.56 Å². The second-order valence-corrected chi connectivity index (χ2v) is 8.02. The van der Waals surface area contributed by atoms with E-state index >= 15 is 0 Å². The minimum atomic E-state index is -0.226. The Bertz CT molecular complexity index is 749. The van der Waals surface area contributed by atoms with Crippen LogP contribution in [0.3, 0.4) is 0 Å². The number of hydrogen-bond donors (Lipinski definition) is 2. The third-order valence-corrected chi connectivity index (χ3v) is 5.92. The zero-order valence-electron chi connectivity index (χ0n) is 14.4. The molecule has 2 N–H and O–H groups in total. The van der Waals surface area contributed by atoms with E-state index in [0.29, 0.717) is 6.54 Å². The zero-order chi connectivity index (χ0) is 16.8. The number of rotatable bonds is 4. The van der Waals surface area contributed by atoms with E-state index in [4.69, 9.17) is 0 Å². The van der Waals surface area contributed by atoms with E-state index in [9.17, 15) is 4.79 Å². The number of nitrogens with zero attached hydrogens (tertiary/aromatic N) is 3. The normalized spacial score (nSPS) is 30.8. The highest BCUT2D eigenvalue weighted by Gasteiger charge is 2.57. The van der Waals surface area contributed by atoms with Crippen LogP contribution in [0, 0.1) is 10.8 Å². The number of hydrogen-bond acceptors (Lipinski definition) is 4. The Labute approximate surface area is 141 Å². The average Bonchev–Trinajstić information content (AvgIpc) is 3.08. The van der Waals surface area contributed by atoms with Crippen LogP contribution >= 0.6 is 0 Å². The molecule has 2 atom stereocenters. The molecular weight excluding hydrogens is 302 g/mol. The number of likely N-dealkylation sites (tertiary alicyclic amines) is 2. The molecule has 2 aliphatic heterocycles. The van der Waals surface area contributed by atoms with Gasteiger partial charge in [-0.1, -0.05) is 44.2 Å². The van der Waals surface area contributed by atoms with Gasteiger partial charge >= 0.3 is 5.69 Å². The van der Waals surface area contributed by atoms with Crippen molar-refractivity contribution in [3.8, 4) is 0 Å². The molecule has 24 heavy (non-hydrogen) atoms. The van der Waals surface area contributed by atoms with Gasteiger partial charge in [0.15, 0.2) is 0 Å². The highest BCUT2D eigenvalue weighted by atomic mass is 16.1. The fourth-order valence-corrected chi connectivity index (χ4v) is 4.61. The van der Waals surface area contributed by atoms with E-state index in [2.05, 4.69) is 69.2 Å². The van der Waals surface area contributed by atoms with Crippen molar-refractivity contribution in [3.63, 3.8) is 0 Å². The highest BCUT2D eigenvalue weighted by Crippen LogP contribution is 2.51. The lowest BCUT2D eigenvalue weighted by molar-refractivity contribution is 0.212. The smallest absolute Gasteiger partial charge is 0.298 e. The van der Waals surface area contributed by atoms with Crippen LogP contribution in [0.25, 0.3) is 0 Å². The summed E-state index contributed by atoms with van der Waals surface area (Å²) in [6.45, 7) is 10.9. The van der Waals surface area contributed by atoms with Crippen LogP contribution in [-0.4, -0.2) is 51.2 Å². The summed E-state index contributed by atoms with van der Waals surface area (Å²) in [4.78, 5) is 19.0. The van der Waals surface area contributed by atoms with Gasteiger partial charge in [-0.15, -0.1) is 0 Å². The predicted molar refractivity (Wildman–Crippen MR) is 92.4 cm³/mol. The first-order valence-electron chi connectivity index (χ1n) is 8.58. The van der Waals surface area contributed by atoms with Crippen molar-refractivity contribution in [2.24, 2.45) is 10.8 Å². The lowest BCUT2D eigenvalue weighted by Crippen LogP contribution is -2.34. The minimum absolute atomic E-state index is 0.226. The second kappa shape index (κ2) is 5.57. The molecule has 0 radical (unpaired) electrons. The molecule has 0 aliphatic carbocycles. The van der Waals surface area contributed by atoms with Gasteiger partial charge in [0, 0.05) is 43.6 Å². The number of fused-ring (bicyclic) bond motifs is 1. The van der Waals surface area contributed by atoms with Gasteiger partial charge < -0.3 is 0 Å². The molecule has 3 heterocycles. The number of benzene rings is 1. The summed E-state index contributed by atoms with van der Waals surface area (Å²) >= 11 is 0. The Morgan fingerprint density at radius 2 is 1.58 bits per heavy atom. The summed E-state index contributed by atoms with van der Waals surface area (Å²) in [6, 6.07) is 10.7. The summed E-state index contributed by atoms with van der Waals surface area (Å²) in [5.74, 6) is 0.730. The number of nitrogens with one attached hydrogen (secondary N) is 2. The maximum Gasteiger partial charge on any atom is 0.340 e. The molecule has 2 unspecified atom stereocenters. The maximum atomic E-state index is 11.2. The Kier molecular flexibility index (Phi) is 3.62. The molecule has 6 heteroatoms. The molecule has 2 aliphatic rings. The summed E-state index contributed by atoms with van der Waals surface area (Å²) < 4.78 is 0. The van der Waals surface area contributed by atoms with Crippen molar-refractivity contribution >= 4 is 0 Å². The van der Waals surface area contributed by atoms with Gasteiger partial charge in [0.25, 0.3) is 0 Å². The highest BCUT2D eigenvalue weighted by molar-refractivity contribution is 5.17. The number of aromatic amines is 2. The molecule has 2 saturated heterocycles. The second-order valence-electron chi connectivity index (χ2n) is 8.02. The molecule has 1 aromatic carbocycles. The SMILES string of the molecule is CC12CN(Cc3ccccc3)CC1(C)CN(Cc1n[nH]c(=O)[nH]1)C2. The van der Waals surface area contributed by atoms with Crippen LogP contribution in [0.1, 0.15) is 25.2 Å². The van der Waals surface area contributed by atoms with Gasteiger partial charge in [-0.3, -0.25) is 14.8 Å². The zero-order valence-corrected chi connectivity index (χ0v) is 14.4. The van der Waals surface area contributed by atoms with Crippen LogP contribution in [0.4, 0.5) is 0 Å². The van der Waals surface area contributed by atoms with Crippen LogP contribution < -0.4 is 5.69 Å². The first kappa shape index (κ1) is 15.6. The third kappa shape index (κ3) is 2.70. The summed E-state index contributed by atoms with van der Waals surface area (Å²) in [5.41, 5.74) is 1.71. The average molecular weight is 327 g/mol. The van der Waals surface area contributed by atoms with Crippen LogP contribution in [0.2, 0.25) is 0 Å². The van der Waals surface area contributed by atoms with Gasteiger partial charge in [0.05, 0.1) is 6.54 Å². The predicted octanol–water partition coefficient (Wildman–Crippen LogP) is 1.44. The molecule has 0 amide bonds. The number of H-pyrrole nitrogens is 2. The van der Waals surface area contributed by atoms with Gasteiger partial charge in [-0.2, -0.15) is 5.10 Å². The van der Waals surface area contributed by atoms with E-state index < -0.39 is 0 Å². The Morgan fingerprint density at radius 1 is 1.00 bits per heavy atom. The van der Waals surface area contributed by atoms with Gasteiger partial charge in [0.2, 0.25) is 0 Å². The molecule has 1 aromatic heterocycles. The minimum Gasteiger partial charge on any atom is -0.298 e. The number of aromatic nitrogens is 3. The van der Waals surface area contributed by atoms with E-state index in [1.54, 1.807) is 0 Å². The summed E-state index contributed by atoms with van der Waals surface area (Å²) in [6.07, 6.45) is 0. The molecule has 2 fully saturated rings. The molecule has 0 bridgehead atoms. The molecule has 0 saturated carbocycles. The largest absolute Gasteiger partial charge is 0.340 e. The Morgan fingerprint density at radius 3 is 2.12 bits per heavy atom. The quantitative estimate of drug-likeness (QED) is 0.892. The van der Waals surface area contributed by atoms with Crippen molar-refractivity contribution in [3.05, 3.63) is 52.2 Å². The molecule has 2 aromatic rings. The lowest BCUT2D eigenvalue weighted by Gasteiger charge is -2.31. The lowest BCUT2D eigenvalue weighted by atomic mass is 9.71. The maximum absolute atomic E-state index is 11.2. The van der Waals surface area contributed by atoms with E-state index in [1.165, 1.54) is 5.56 Å². The Balaban J connectivity index is 1.43. The van der Waals surface area contributed by atoms with Crippen LogP contribution in [0.5, 0.6) is 0 Å². The monoisotopic (exact) mass is 327 g/mol. The fourth-order valence-electron chi connectivity index (χ4n) is 4.61. The molecule has 0 spiro atoms. The standard InChI is InChI=1S/C18H25N5O/c1-17-10-22(8-14-6-4-3-5-7-14)11-18(17,2)13-23(12-17)9-15-19-16(24)21-20-15/h3-7H,8-13H2,1-2H3,(H2,19,20,21,24). The van der Waals surface area contributed by atoms with E-state index in [1.807, 2.05) is 0 Å². The van der Waals surface area contributed by atoms with Crippen molar-refractivity contribution in [1.82, 2.24) is 25.0 Å². The van der Waals surface area contributed by atoms with E-state index in [0.717, 1.165) is 38.5 Å². The van der Waals surface area contributed by atoms with Gasteiger partial charge in [-0.25, -0.2) is 9.89 Å². The molecule has 6 nitrogen and oxygen atoms in total. The Hall–Kier alpha value is -1.92. The van der Waals surface area contributed by atoms with Crippen molar-refractivity contribution in [2.45, 2.75) is 26.9 Å². The molecule has 128 valence electrons. The van der Waals surface area contributed by atoms with Crippen molar-refractivity contribution in [1.29, 1.82) is 0 Å². The molecule has 4 rings (SSSR count). The summed E-state index contributed by atoms with van der Waals surface area (Å²) in [5, 5.41) is 6.49. The third-order valence-electron chi connectivity index (χ3n) is 5.92. The van der Waals surface area contributed by atoms with E-state index in [-0.39, 0.29) is 16.5 Å². The van der Waals surface area contributed by atoms with Crippen molar-refractivity contribution < 1.29 is 0 Å². The first-order chi connectivity index (χ1) is 11.5. The topological polar surface area (TPSA) is 68.0 Å². The fraction of sp³-hybridized carbons (Fsp3) is 0.556. The summed E-state index contributed by atoms with van der Waals surface area (Å²) in [7, 11) is 0. The van der Waals surface area contributed by atoms with Crippen LogP contribution in [0.15, 0.2) is 35.1 Å².